The van der Waals surface area contributed by atoms with Gasteiger partial charge >= 0.3 is 0 Å². The Morgan fingerprint density at radius 2 is 1.80 bits per heavy atom. The lowest BCUT2D eigenvalue weighted by Crippen LogP contribution is -2.32. The lowest BCUT2D eigenvalue weighted by Gasteiger charge is -2.23. The Balaban J connectivity index is 1.99. The maximum atomic E-state index is 12.4. The highest BCUT2D eigenvalue weighted by molar-refractivity contribution is 7.92. The molecule has 0 unspecified atom stereocenters. The molecule has 0 heterocycles. The molecule has 2 aromatic rings. The van der Waals surface area contributed by atoms with Crippen molar-refractivity contribution in [2.45, 2.75) is 25.8 Å². The smallest absolute Gasteiger partial charge is 0.232 e. The third-order valence-corrected chi connectivity index (χ3v) is 6.01. The number of hydrogen-bond acceptors (Lipinski definition) is 5. The maximum absolute atomic E-state index is 12.4. The van der Waals surface area contributed by atoms with Crippen LogP contribution in [0.2, 0.25) is 5.02 Å². The first-order valence-electron chi connectivity index (χ1n) is 9.40. The predicted molar refractivity (Wildman–Crippen MR) is 119 cm³/mol. The van der Waals surface area contributed by atoms with Crippen LogP contribution < -0.4 is 19.1 Å². The summed E-state index contributed by atoms with van der Waals surface area (Å²) in [4.78, 5) is 12.4. The topological polar surface area (TPSA) is 84.9 Å². The first-order chi connectivity index (χ1) is 14.2. The van der Waals surface area contributed by atoms with Gasteiger partial charge in [-0.3, -0.25) is 9.10 Å². The van der Waals surface area contributed by atoms with Gasteiger partial charge in [-0.25, -0.2) is 8.42 Å². The molecular formula is C21H27ClN2O5S. The number of nitrogens with one attached hydrogen (secondary N) is 1. The second-order valence-corrected chi connectivity index (χ2v) is 9.16. The minimum Gasteiger partial charge on any atom is -0.497 e. The Morgan fingerprint density at radius 1 is 1.13 bits per heavy atom. The second kappa shape index (κ2) is 10.5. The van der Waals surface area contributed by atoms with E-state index in [1.165, 1.54) is 4.31 Å². The lowest BCUT2D eigenvalue weighted by molar-refractivity contribution is -0.121. The summed E-state index contributed by atoms with van der Waals surface area (Å²) in [6, 6.07) is 11.6. The van der Waals surface area contributed by atoms with Crippen molar-refractivity contribution in [3.8, 4) is 11.5 Å². The van der Waals surface area contributed by atoms with Gasteiger partial charge in [-0.05, 0) is 55.8 Å². The SMILES string of the molecule is COc1ccc(OC)c([C@@H](C)NC(=O)CCCN(c2ccc(Cl)cc2)S(C)(=O)=O)c1. The Morgan fingerprint density at radius 3 is 2.37 bits per heavy atom. The third kappa shape index (κ3) is 6.53. The molecule has 0 aliphatic heterocycles. The minimum atomic E-state index is -3.48. The molecule has 0 saturated heterocycles. The number of rotatable bonds is 10. The predicted octanol–water partition coefficient (Wildman–Crippen LogP) is 3.78. The van der Waals surface area contributed by atoms with E-state index >= 15 is 0 Å². The number of anilines is 1. The zero-order chi connectivity index (χ0) is 22.3. The van der Waals surface area contributed by atoms with Crippen LogP contribution in [0.5, 0.6) is 11.5 Å². The second-order valence-electron chi connectivity index (χ2n) is 6.81. The number of benzene rings is 2. The number of methoxy groups -OCH3 is 2. The number of carbonyl (C=O) groups is 1. The number of nitrogens with zero attached hydrogens (tertiary/aromatic N) is 1. The molecule has 0 saturated carbocycles. The van der Waals surface area contributed by atoms with Crippen molar-refractivity contribution in [2.75, 3.05) is 31.3 Å². The van der Waals surface area contributed by atoms with E-state index < -0.39 is 10.0 Å². The number of amides is 1. The van der Waals surface area contributed by atoms with Gasteiger partial charge in [-0.2, -0.15) is 0 Å². The molecule has 2 rings (SSSR count). The van der Waals surface area contributed by atoms with Crippen LogP contribution in [-0.2, 0) is 14.8 Å². The molecule has 164 valence electrons. The molecule has 0 spiro atoms. The summed E-state index contributed by atoms with van der Waals surface area (Å²) in [5, 5.41) is 3.44. The van der Waals surface area contributed by atoms with Crippen LogP contribution in [0.15, 0.2) is 42.5 Å². The van der Waals surface area contributed by atoms with Gasteiger partial charge in [0, 0.05) is 23.6 Å². The summed E-state index contributed by atoms with van der Waals surface area (Å²) < 4.78 is 36.2. The summed E-state index contributed by atoms with van der Waals surface area (Å²) in [6.07, 6.45) is 1.68. The molecular weight excluding hydrogens is 428 g/mol. The number of hydrogen-bond donors (Lipinski definition) is 1. The Bertz CT molecular complexity index is 964. The van der Waals surface area contributed by atoms with E-state index in [2.05, 4.69) is 5.32 Å². The van der Waals surface area contributed by atoms with Gasteiger partial charge in [0.1, 0.15) is 11.5 Å². The van der Waals surface area contributed by atoms with Gasteiger partial charge in [-0.1, -0.05) is 11.6 Å². The van der Waals surface area contributed by atoms with Crippen molar-refractivity contribution < 1.29 is 22.7 Å². The van der Waals surface area contributed by atoms with Crippen molar-refractivity contribution in [1.29, 1.82) is 0 Å². The van der Waals surface area contributed by atoms with Crippen LogP contribution in [0.1, 0.15) is 31.4 Å². The monoisotopic (exact) mass is 454 g/mol. The van der Waals surface area contributed by atoms with E-state index in [1.54, 1.807) is 50.6 Å². The van der Waals surface area contributed by atoms with Crippen LogP contribution in [0.3, 0.4) is 0 Å². The van der Waals surface area contributed by atoms with E-state index in [0.717, 1.165) is 11.8 Å². The van der Waals surface area contributed by atoms with Crippen LogP contribution in [0.4, 0.5) is 5.69 Å². The Kier molecular flexibility index (Phi) is 8.37. The standard InChI is InChI=1S/C21H27ClN2O5S/c1-15(19-14-18(28-2)11-12-20(19)29-3)23-21(25)6-5-13-24(30(4,26)27)17-9-7-16(22)8-10-17/h7-12,14-15H,5-6,13H2,1-4H3,(H,23,25)/t15-/m1/s1. The zero-order valence-corrected chi connectivity index (χ0v) is 19.1. The lowest BCUT2D eigenvalue weighted by atomic mass is 10.1. The van der Waals surface area contributed by atoms with Crippen molar-refractivity contribution in [1.82, 2.24) is 5.32 Å². The van der Waals surface area contributed by atoms with Gasteiger partial charge < -0.3 is 14.8 Å². The molecule has 30 heavy (non-hydrogen) atoms. The third-order valence-electron chi connectivity index (χ3n) is 4.56. The van der Waals surface area contributed by atoms with Crippen LogP contribution >= 0.6 is 11.6 Å². The van der Waals surface area contributed by atoms with Gasteiger partial charge in [0.15, 0.2) is 0 Å². The fourth-order valence-corrected chi connectivity index (χ4v) is 4.14. The fraction of sp³-hybridized carbons (Fsp3) is 0.381. The van der Waals surface area contributed by atoms with Crippen LogP contribution in [-0.4, -0.2) is 41.3 Å². The molecule has 9 heteroatoms. The zero-order valence-electron chi connectivity index (χ0n) is 17.5. The van der Waals surface area contributed by atoms with E-state index in [9.17, 15) is 13.2 Å². The minimum absolute atomic E-state index is 0.177. The summed E-state index contributed by atoms with van der Waals surface area (Å²) in [5.41, 5.74) is 1.31. The highest BCUT2D eigenvalue weighted by atomic mass is 35.5. The molecule has 0 fully saturated rings. The quantitative estimate of drug-likeness (QED) is 0.590. The van der Waals surface area contributed by atoms with Crippen molar-refractivity contribution in [2.24, 2.45) is 0 Å². The highest BCUT2D eigenvalue weighted by Crippen LogP contribution is 2.29. The molecule has 0 aromatic heterocycles. The molecule has 0 aliphatic carbocycles. The average molecular weight is 455 g/mol. The van der Waals surface area contributed by atoms with Crippen molar-refractivity contribution in [3.63, 3.8) is 0 Å². The van der Waals surface area contributed by atoms with E-state index in [4.69, 9.17) is 21.1 Å². The fourth-order valence-electron chi connectivity index (χ4n) is 3.05. The summed E-state index contributed by atoms with van der Waals surface area (Å²) >= 11 is 5.88. The van der Waals surface area contributed by atoms with Crippen LogP contribution in [0.25, 0.3) is 0 Å². The maximum Gasteiger partial charge on any atom is 0.232 e. The van der Waals surface area contributed by atoms with Gasteiger partial charge in [0.25, 0.3) is 0 Å². The molecule has 0 aliphatic rings. The number of sulfonamides is 1. The van der Waals surface area contributed by atoms with Gasteiger partial charge in [0.05, 0.1) is 32.2 Å². The molecule has 1 N–H and O–H groups in total. The van der Waals surface area contributed by atoms with Gasteiger partial charge in [0.2, 0.25) is 15.9 Å². The summed E-state index contributed by atoms with van der Waals surface area (Å²) in [6.45, 7) is 2.04. The molecule has 2 aromatic carbocycles. The molecule has 0 radical (unpaired) electrons. The number of ether oxygens (including phenoxy) is 2. The van der Waals surface area contributed by atoms with Crippen molar-refractivity contribution >= 4 is 33.2 Å². The molecule has 1 amide bonds. The van der Waals surface area contributed by atoms with Crippen LogP contribution in [0, 0.1) is 0 Å². The first-order valence-corrected chi connectivity index (χ1v) is 11.6. The van der Waals surface area contributed by atoms with Crippen molar-refractivity contribution in [3.05, 3.63) is 53.1 Å². The van der Waals surface area contributed by atoms with E-state index in [1.807, 2.05) is 13.0 Å². The highest BCUT2D eigenvalue weighted by Gasteiger charge is 2.19. The number of halogens is 1. The van der Waals surface area contributed by atoms with E-state index in [-0.39, 0.29) is 24.9 Å². The average Bonchev–Trinajstić information content (AvgIpc) is 2.70. The Hall–Kier alpha value is -2.45. The Labute approximate surface area is 183 Å². The van der Waals surface area contributed by atoms with E-state index in [0.29, 0.717) is 28.6 Å². The molecule has 1 atom stereocenters. The normalized spacial score (nSPS) is 12.2. The summed E-state index contributed by atoms with van der Waals surface area (Å²) in [5.74, 6) is 1.13. The number of carbonyl (C=O) groups excluding carboxylic acids is 1. The molecule has 0 bridgehead atoms. The summed E-state index contributed by atoms with van der Waals surface area (Å²) in [7, 11) is -0.345. The first kappa shape index (κ1) is 23.8. The largest absolute Gasteiger partial charge is 0.497 e. The van der Waals surface area contributed by atoms with Gasteiger partial charge in [-0.15, -0.1) is 0 Å². The molecule has 7 nitrogen and oxygen atoms in total.